The average Bonchev–Trinajstić information content (AvgIpc) is 2.54. The maximum absolute atomic E-state index is 12.4. The van der Waals surface area contributed by atoms with Gasteiger partial charge in [0.2, 0.25) is 5.91 Å². The quantitative estimate of drug-likeness (QED) is 0.832. The van der Waals surface area contributed by atoms with E-state index in [-0.39, 0.29) is 30.2 Å². The van der Waals surface area contributed by atoms with Gasteiger partial charge in [0.1, 0.15) is 6.04 Å². The van der Waals surface area contributed by atoms with Crippen LogP contribution in [0.25, 0.3) is 0 Å². The summed E-state index contributed by atoms with van der Waals surface area (Å²) in [6, 6.07) is 5.25. The summed E-state index contributed by atoms with van der Waals surface area (Å²) in [4.78, 5) is 12.4. The zero-order valence-corrected chi connectivity index (χ0v) is 15.1. The van der Waals surface area contributed by atoms with Crippen LogP contribution in [0.15, 0.2) is 18.2 Å². The van der Waals surface area contributed by atoms with Crippen molar-refractivity contribution in [2.24, 2.45) is 0 Å². The third kappa shape index (κ3) is 4.61. The molecular formula is C18H28N2O4. The van der Waals surface area contributed by atoms with Crippen LogP contribution in [0.5, 0.6) is 11.5 Å². The zero-order valence-electron chi connectivity index (χ0n) is 15.1. The Labute approximate surface area is 143 Å². The summed E-state index contributed by atoms with van der Waals surface area (Å²) in [6.07, 6.45) is -0.0666. The molecule has 0 bridgehead atoms. The molecule has 0 saturated carbocycles. The molecule has 0 aliphatic carbocycles. The topological polar surface area (TPSA) is 68.8 Å². The Morgan fingerprint density at radius 3 is 2.71 bits per heavy atom. The molecule has 6 nitrogen and oxygen atoms in total. The van der Waals surface area contributed by atoms with E-state index in [9.17, 15) is 4.79 Å². The number of morpholine rings is 1. The molecule has 2 N–H and O–H groups in total. The highest BCUT2D eigenvalue weighted by Gasteiger charge is 2.29. The summed E-state index contributed by atoms with van der Waals surface area (Å²) in [5, 5.41) is 6.23. The second-order valence-electron chi connectivity index (χ2n) is 6.31. The maximum atomic E-state index is 12.4. The largest absolute Gasteiger partial charge is 0.493 e. The number of benzene rings is 1. The van der Waals surface area contributed by atoms with Crippen molar-refractivity contribution in [3.05, 3.63) is 23.8 Å². The van der Waals surface area contributed by atoms with E-state index >= 15 is 0 Å². The Hall–Kier alpha value is -1.79. The summed E-state index contributed by atoms with van der Waals surface area (Å²) in [5.74, 6) is 1.30. The normalized spacial score (nSPS) is 22.1. The number of amides is 1. The van der Waals surface area contributed by atoms with E-state index in [2.05, 4.69) is 10.6 Å². The molecule has 134 valence electrons. The minimum atomic E-state index is -0.327. The molecular weight excluding hydrogens is 308 g/mol. The molecule has 1 aliphatic heterocycles. The van der Waals surface area contributed by atoms with Gasteiger partial charge in [0.15, 0.2) is 11.5 Å². The highest BCUT2D eigenvalue weighted by atomic mass is 16.5. The molecule has 1 heterocycles. The molecule has 24 heavy (non-hydrogen) atoms. The van der Waals surface area contributed by atoms with Gasteiger partial charge in [-0.05, 0) is 45.4 Å². The Balaban J connectivity index is 2.06. The third-order valence-electron chi connectivity index (χ3n) is 4.01. The van der Waals surface area contributed by atoms with Crippen LogP contribution in [0, 0.1) is 0 Å². The van der Waals surface area contributed by atoms with Gasteiger partial charge in [-0.15, -0.1) is 0 Å². The van der Waals surface area contributed by atoms with Crippen LogP contribution in [0.3, 0.4) is 0 Å². The lowest BCUT2D eigenvalue weighted by molar-refractivity contribution is -0.129. The van der Waals surface area contributed by atoms with E-state index in [1.807, 2.05) is 45.9 Å². The highest BCUT2D eigenvalue weighted by Crippen LogP contribution is 2.31. The van der Waals surface area contributed by atoms with Crippen LogP contribution in [0.4, 0.5) is 0 Å². The van der Waals surface area contributed by atoms with Gasteiger partial charge in [0.05, 0.1) is 32.0 Å². The molecule has 1 unspecified atom stereocenters. The molecule has 0 radical (unpaired) electrons. The summed E-state index contributed by atoms with van der Waals surface area (Å²) in [7, 11) is 1.61. The molecule has 1 aromatic rings. The zero-order chi connectivity index (χ0) is 17.7. The smallest absolute Gasteiger partial charge is 0.240 e. The monoisotopic (exact) mass is 336 g/mol. The van der Waals surface area contributed by atoms with Crippen LogP contribution < -0.4 is 20.1 Å². The summed E-state index contributed by atoms with van der Waals surface area (Å²) in [5.41, 5.74) is 0.959. The fourth-order valence-electron chi connectivity index (χ4n) is 2.72. The summed E-state index contributed by atoms with van der Waals surface area (Å²) < 4.78 is 16.7. The van der Waals surface area contributed by atoms with Crippen molar-refractivity contribution in [3.63, 3.8) is 0 Å². The Kier molecular flexibility index (Phi) is 6.45. The van der Waals surface area contributed by atoms with Crippen molar-refractivity contribution in [2.45, 2.75) is 52.0 Å². The van der Waals surface area contributed by atoms with E-state index in [1.165, 1.54) is 0 Å². The van der Waals surface area contributed by atoms with E-state index < -0.39 is 0 Å². The first-order chi connectivity index (χ1) is 11.4. The molecule has 6 heteroatoms. The summed E-state index contributed by atoms with van der Waals surface area (Å²) >= 11 is 0. The molecule has 1 aliphatic rings. The van der Waals surface area contributed by atoms with Crippen LogP contribution in [0.2, 0.25) is 0 Å². The molecule has 1 saturated heterocycles. The average molecular weight is 336 g/mol. The molecule has 2 rings (SSSR count). The fraction of sp³-hybridized carbons (Fsp3) is 0.611. The first kappa shape index (κ1) is 18.5. The Bertz CT molecular complexity index is 562. The molecule has 3 atom stereocenters. The van der Waals surface area contributed by atoms with Crippen molar-refractivity contribution in [3.8, 4) is 11.5 Å². The number of hydrogen-bond acceptors (Lipinski definition) is 5. The molecule has 0 spiro atoms. The van der Waals surface area contributed by atoms with Gasteiger partial charge in [0, 0.05) is 6.54 Å². The first-order valence-electron chi connectivity index (χ1n) is 8.42. The lowest BCUT2D eigenvalue weighted by Crippen LogP contribution is -2.55. The van der Waals surface area contributed by atoms with Gasteiger partial charge in [-0.1, -0.05) is 6.07 Å². The van der Waals surface area contributed by atoms with E-state index in [0.29, 0.717) is 24.7 Å². The predicted molar refractivity (Wildman–Crippen MR) is 92.5 cm³/mol. The summed E-state index contributed by atoms with van der Waals surface area (Å²) in [6.45, 7) is 9.11. The lowest BCUT2D eigenvalue weighted by atomic mass is 10.1. The number of hydrogen-bond donors (Lipinski definition) is 2. The second-order valence-corrected chi connectivity index (χ2v) is 6.31. The van der Waals surface area contributed by atoms with E-state index in [0.717, 1.165) is 5.56 Å². The van der Waals surface area contributed by atoms with Gasteiger partial charge in [-0.3, -0.25) is 4.79 Å². The number of methoxy groups -OCH3 is 1. The fourth-order valence-corrected chi connectivity index (χ4v) is 2.72. The van der Waals surface area contributed by atoms with Gasteiger partial charge < -0.3 is 24.8 Å². The predicted octanol–water partition coefficient (Wildman–Crippen LogP) is 2.04. The van der Waals surface area contributed by atoms with Gasteiger partial charge >= 0.3 is 0 Å². The van der Waals surface area contributed by atoms with Crippen molar-refractivity contribution < 1.29 is 19.0 Å². The number of ether oxygens (including phenoxy) is 3. The van der Waals surface area contributed by atoms with Crippen molar-refractivity contribution in [1.82, 2.24) is 10.6 Å². The van der Waals surface area contributed by atoms with E-state index in [1.54, 1.807) is 7.11 Å². The van der Waals surface area contributed by atoms with Crippen LogP contribution in [-0.4, -0.2) is 44.4 Å². The molecule has 1 amide bonds. The number of carbonyl (C=O) groups excluding carboxylic acids is 1. The highest BCUT2D eigenvalue weighted by molar-refractivity contribution is 5.83. The SMILES string of the molecule is COc1cc(C(C)NC(=O)[C@H]2NCCO[C@@H]2C)ccc1OC(C)C. The van der Waals surface area contributed by atoms with Crippen LogP contribution in [0.1, 0.15) is 39.3 Å². The maximum Gasteiger partial charge on any atom is 0.240 e. The number of nitrogens with one attached hydrogen (secondary N) is 2. The van der Waals surface area contributed by atoms with Crippen LogP contribution in [-0.2, 0) is 9.53 Å². The molecule has 0 aromatic heterocycles. The Morgan fingerprint density at radius 1 is 1.33 bits per heavy atom. The van der Waals surface area contributed by atoms with Gasteiger partial charge in [-0.2, -0.15) is 0 Å². The Morgan fingerprint density at radius 2 is 2.08 bits per heavy atom. The molecule has 1 aromatic carbocycles. The number of rotatable bonds is 6. The standard InChI is InChI=1S/C18H28N2O4/c1-11(2)24-15-7-6-14(10-16(15)22-5)12(3)20-18(21)17-13(4)23-9-8-19-17/h6-7,10-13,17,19H,8-9H2,1-5H3,(H,20,21)/t12?,13-,17+/m1/s1. The van der Waals surface area contributed by atoms with Crippen molar-refractivity contribution in [2.75, 3.05) is 20.3 Å². The van der Waals surface area contributed by atoms with Crippen LogP contribution >= 0.6 is 0 Å². The third-order valence-corrected chi connectivity index (χ3v) is 4.01. The minimum absolute atomic E-state index is 0.0591. The lowest BCUT2D eigenvalue weighted by Gasteiger charge is -2.30. The minimum Gasteiger partial charge on any atom is -0.493 e. The first-order valence-corrected chi connectivity index (χ1v) is 8.42. The van der Waals surface area contributed by atoms with Gasteiger partial charge in [-0.25, -0.2) is 0 Å². The number of carbonyl (C=O) groups is 1. The van der Waals surface area contributed by atoms with Crippen molar-refractivity contribution >= 4 is 5.91 Å². The van der Waals surface area contributed by atoms with Crippen molar-refractivity contribution in [1.29, 1.82) is 0 Å². The second kappa shape index (κ2) is 8.35. The van der Waals surface area contributed by atoms with Gasteiger partial charge in [0.25, 0.3) is 0 Å². The van der Waals surface area contributed by atoms with E-state index in [4.69, 9.17) is 14.2 Å². The molecule has 1 fully saturated rings.